The number of thioether (sulfide) groups is 2. The largest absolute Gasteiger partial charge is 0.462 e. The van der Waals surface area contributed by atoms with Gasteiger partial charge in [-0.15, -0.1) is 0 Å². The molecule has 2 N–H and O–H groups in total. The maximum atomic E-state index is 11.9. The third kappa shape index (κ3) is 5.17. The van der Waals surface area contributed by atoms with Crippen LogP contribution in [0.3, 0.4) is 0 Å². The molecule has 0 saturated heterocycles. The van der Waals surface area contributed by atoms with Crippen molar-refractivity contribution in [2.45, 2.75) is 36.5 Å². The SMILES string of the molecule is CCOC(=O)c1ccc2nc(SCCCCCSc3nc4ccccc4[nH]3)[nH]c2c1. The molecular formula is C22H24N4O2S2. The van der Waals surface area contributed by atoms with E-state index in [0.717, 1.165) is 56.7 Å². The van der Waals surface area contributed by atoms with Crippen molar-refractivity contribution in [3.8, 4) is 0 Å². The van der Waals surface area contributed by atoms with Gasteiger partial charge in [-0.25, -0.2) is 14.8 Å². The zero-order valence-corrected chi connectivity index (χ0v) is 18.4. The first-order valence-electron chi connectivity index (χ1n) is 10.1. The van der Waals surface area contributed by atoms with Gasteiger partial charge in [0.2, 0.25) is 0 Å². The number of aromatic amines is 2. The fourth-order valence-electron chi connectivity index (χ4n) is 3.11. The van der Waals surface area contributed by atoms with Gasteiger partial charge in [-0.1, -0.05) is 42.1 Å². The predicted octanol–water partition coefficient (Wildman–Crippen LogP) is 5.67. The Morgan fingerprint density at radius 2 is 1.57 bits per heavy atom. The molecule has 0 bridgehead atoms. The lowest BCUT2D eigenvalue weighted by Gasteiger charge is -2.00. The van der Waals surface area contributed by atoms with Gasteiger partial charge in [0, 0.05) is 11.5 Å². The summed E-state index contributed by atoms with van der Waals surface area (Å²) in [6.07, 6.45) is 3.47. The summed E-state index contributed by atoms with van der Waals surface area (Å²) in [5.41, 5.74) is 4.40. The molecule has 156 valence electrons. The molecule has 2 heterocycles. The minimum atomic E-state index is -0.302. The third-order valence-corrected chi connectivity index (χ3v) is 6.52. The molecule has 0 aliphatic rings. The number of hydrogen-bond acceptors (Lipinski definition) is 6. The minimum absolute atomic E-state index is 0.302. The first kappa shape index (κ1) is 20.8. The molecule has 4 aromatic rings. The minimum Gasteiger partial charge on any atom is -0.462 e. The molecule has 0 aliphatic carbocycles. The highest BCUT2D eigenvalue weighted by Gasteiger charge is 2.10. The second-order valence-corrected chi connectivity index (χ2v) is 8.98. The van der Waals surface area contributed by atoms with E-state index in [9.17, 15) is 4.79 Å². The maximum Gasteiger partial charge on any atom is 0.338 e. The van der Waals surface area contributed by atoms with E-state index in [4.69, 9.17) is 4.74 Å². The average molecular weight is 441 g/mol. The van der Waals surface area contributed by atoms with Crippen LogP contribution in [0.15, 0.2) is 52.8 Å². The number of ether oxygens (including phenoxy) is 1. The van der Waals surface area contributed by atoms with Crippen LogP contribution in [0.1, 0.15) is 36.5 Å². The summed E-state index contributed by atoms with van der Waals surface area (Å²) in [5, 5.41) is 1.89. The topological polar surface area (TPSA) is 83.7 Å². The smallest absolute Gasteiger partial charge is 0.338 e. The predicted molar refractivity (Wildman–Crippen MR) is 123 cm³/mol. The number of rotatable bonds is 10. The number of imidazole rings is 2. The number of hydrogen-bond donors (Lipinski definition) is 2. The molecule has 4 rings (SSSR count). The monoisotopic (exact) mass is 440 g/mol. The number of aromatic nitrogens is 4. The molecule has 0 spiro atoms. The van der Waals surface area contributed by atoms with Crippen molar-refractivity contribution in [3.05, 3.63) is 48.0 Å². The summed E-state index contributed by atoms with van der Waals surface area (Å²) in [7, 11) is 0. The fraction of sp³-hybridized carbons (Fsp3) is 0.318. The molecule has 0 saturated carbocycles. The zero-order valence-electron chi connectivity index (χ0n) is 16.8. The van der Waals surface area contributed by atoms with E-state index in [0.29, 0.717) is 12.2 Å². The van der Waals surface area contributed by atoms with Gasteiger partial charge in [-0.2, -0.15) is 0 Å². The highest BCUT2D eigenvalue weighted by atomic mass is 32.2. The van der Waals surface area contributed by atoms with Crippen molar-refractivity contribution in [1.82, 2.24) is 19.9 Å². The van der Waals surface area contributed by atoms with Crippen molar-refractivity contribution < 1.29 is 9.53 Å². The van der Waals surface area contributed by atoms with E-state index < -0.39 is 0 Å². The van der Waals surface area contributed by atoms with Crippen molar-refractivity contribution >= 4 is 51.6 Å². The number of fused-ring (bicyclic) bond motifs is 2. The van der Waals surface area contributed by atoms with Gasteiger partial charge in [0.15, 0.2) is 10.3 Å². The van der Waals surface area contributed by atoms with Gasteiger partial charge >= 0.3 is 5.97 Å². The Morgan fingerprint density at radius 1 is 0.900 bits per heavy atom. The number of H-pyrrole nitrogens is 2. The lowest BCUT2D eigenvalue weighted by atomic mass is 10.2. The van der Waals surface area contributed by atoms with Crippen molar-refractivity contribution in [1.29, 1.82) is 0 Å². The van der Waals surface area contributed by atoms with Crippen LogP contribution in [-0.2, 0) is 4.74 Å². The zero-order chi connectivity index (χ0) is 20.8. The normalized spacial score (nSPS) is 11.4. The van der Waals surface area contributed by atoms with Gasteiger partial charge in [0.05, 0.1) is 34.2 Å². The highest BCUT2D eigenvalue weighted by Crippen LogP contribution is 2.23. The Bertz CT molecular complexity index is 1110. The quantitative estimate of drug-likeness (QED) is 0.188. The first-order valence-corrected chi connectivity index (χ1v) is 12.1. The number of para-hydroxylation sites is 2. The highest BCUT2D eigenvalue weighted by molar-refractivity contribution is 7.99. The third-order valence-electron chi connectivity index (χ3n) is 4.61. The number of nitrogens with one attached hydrogen (secondary N) is 2. The average Bonchev–Trinajstić information content (AvgIpc) is 3.35. The van der Waals surface area contributed by atoms with Crippen LogP contribution in [0.2, 0.25) is 0 Å². The second-order valence-electron chi connectivity index (χ2n) is 6.81. The van der Waals surface area contributed by atoms with Crippen molar-refractivity contribution in [3.63, 3.8) is 0 Å². The summed E-state index contributed by atoms with van der Waals surface area (Å²) in [5.74, 6) is 1.77. The van der Waals surface area contributed by atoms with Gasteiger partial charge in [-0.05, 0) is 50.1 Å². The first-order chi connectivity index (χ1) is 14.7. The molecule has 0 radical (unpaired) electrons. The second kappa shape index (κ2) is 10.0. The molecule has 0 amide bonds. The van der Waals surface area contributed by atoms with Crippen LogP contribution >= 0.6 is 23.5 Å². The molecule has 2 aromatic heterocycles. The Hall–Kier alpha value is -2.45. The lowest BCUT2D eigenvalue weighted by molar-refractivity contribution is 0.0526. The number of nitrogens with zero attached hydrogens (tertiary/aromatic N) is 2. The Balaban J connectivity index is 1.18. The molecular weight excluding hydrogens is 416 g/mol. The van der Waals surface area contributed by atoms with Gasteiger partial charge in [0.1, 0.15) is 0 Å². The van der Waals surface area contributed by atoms with Gasteiger partial charge in [-0.3, -0.25) is 0 Å². The summed E-state index contributed by atoms with van der Waals surface area (Å²) in [6, 6.07) is 13.5. The summed E-state index contributed by atoms with van der Waals surface area (Å²) in [4.78, 5) is 27.7. The van der Waals surface area contributed by atoms with Crippen molar-refractivity contribution in [2.75, 3.05) is 18.1 Å². The lowest BCUT2D eigenvalue weighted by Crippen LogP contribution is -2.04. The van der Waals surface area contributed by atoms with E-state index in [2.05, 4.69) is 26.0 Å². The number of unbranched alkanes of at least 4 members (excludes halogenated alkanes) is 2. The Kier molecular flexibility index (Phi) is 6.96. The standard InChI is InChI=1S/C22H24N4O2S2/c1-2-28-20(27)15-10-11-18-19(14-15)26-22(25-18)30-13-7-3-6-12-29-21-23-16-8-4-5-9-17(16)24-21/h4-5,8-11,14H,2-3,6-7,12-13H2,1H3,(H,23,24)(H,25,26). The molecule has 0 atom stereocenters. The van der Waals surface area contributed by atoms with E-state index >= 15 is 0 Å². The molecule has 2 aromatic carbocycles. The van der Waals surface area contributed by atoms with Gasteiger partial charge < -0.3 is 14.7 Å². The van der Waals surface area contributed by atoms with E-state index in [1.807, 2.05) is 24.3 Å². The Morgan fingerprint density at radius 3 is 2.27 bits per heavy atom. The molecule has 8 heteroatoms. The fourth-order valence-corrected chi connectivity index (χ4v) is 4.89. The van der Waals surface area contributed by atoms with Crippen molar-refractivity contribution in [2.24, 2.45) is 0 Å². The van der Waals surface area contributed by atoms with Crippen LogP contribution < -0.4 is 0 Å². The molecule has 0 unspecified atom stereocenters. The number of carbonyl (C=O) groups is 1. The maximum absolute atomic E-state index is 11.9. The van der Waals surface area contributed by atoms with Crippen LogP contribution in [0.25, 0.3) is 22.1 Å². The van der Waals surface area contributed by atoms with Crippen LogP contribution in [0, 0.1) is 0 Å². The van der Waals surface area contributed by atoms with Crippen LogP contribution in [-0.4, -0.2) is 44.0 Å². The Labute approximate surface area is 183 Å². The van der Waals surface area contributed by atoms with E-state index in [-0.39, 0.29) is 5.97 Å². The summed E-state index contributed by atoms with van der Waals surface area (Å²) < 4.78 is 5.05. The number of benzene rings is 2. The number of carbonyl (C=O) groups excluding carboxylic acids is 1. The van der Waals surface area contributed by atoms with E-state index in [1.165, 1.54) is 6.42 Å². The summed E-state index contributed by atoms with van der Waals surface area (Å²) >= 11 is 3.50. The molecule has 6 nitrogen and oxygen atoms in total. The van der Waals surface area contributed by atoms with Crippen LogP contribution in [0.5, 0.6) is 0 Å². The van der Waals surface area contributed by atoms with Gasteiger partial charge in [0.25, 0.3) is 0 Å². The van der Waals surface area contributed by atoms with E-state index in [1.54, 1.807) is 42.6 Å². The summed E-state index contributed by atoms with van der Waals surface area (Å²) in [6.45, 7) is 2.18. The molecule has 30 heavy (non-hydrogen) atoms. The molecule has 0 aliphatic heterocycles. The molecule has 0 fully saturated rings. The van der Waals surface area contributed by atoms with Crippen LogP contribution in [0.4, 0.5) is 0 Å². The number of esters is 1.